The van der Waals surface area contributed by atoms with Gasteiger partial charge in [-0.2, -0.15) is 4.98 Å². The third-order valence-electron chi connectivity index (χ3n) is 2.60. The average molecular weight is 377 g/mol. The van der Waals surface area contributed by atoms with Gasteiger partial charge in [0.25, 0.3) is 0 Å². The largest absolute Gasteiger partial charge is 0.480 e. The van der Waals surface area contributed by atoms with Crippen molar-refractivity contribution in [2.75, 3.05) is 19.0 Å². The van der Waals surface area contributed by atoms with E-state index in [4.69, 9.17) is 27.9 Å². The Morgan fingerprint density at radius 1 is 1.35 bits per heavy atom. The van der Waals surface area contributed by atoms with E-state index in [1.54, 1.807) is 19.4 Å². The molecule has 0 fully saturated rings. The highest BCUT2D eigenvalue weighted by Crippen LogP contribution is 2.23. The van der Waals surface area contributed by atoms with Crippen LogP contribution in [0.4, 0.5) is 5.95 Å². The van der Waals surface area contributed by atoms with Crippen LogP contribution in [0.15, 0.2) is 28.9 Å². The molecule has 2 aromatic rings. The van der Waals surface area contributed by atoms with Crippen molar-refractivity contribution in [3.05, 3.63) is 44.5 Å². The molecule has 4 nitrogen and oxygen atoms in total. The van der Waals surface area contributed by atoms with Gasteiger partial charge in [0.15, 0.2) is 0 Å². The number of hydrogen-bond donors (Lipinski definition) is 1. The minimum absolute atomic E-state index is 0.493. The van der Waals surface area contributed by atoms with E-state index < -0.39 is 0 Å². The van der Waals surface area contributed by atoms with E-state index in [9.17, 15) is 0 Å². The standard InChI is InChI=1S/C13H12BrCl2N3O/c1-20-12-10(14)7-18-13(19-12)17-5-4-8-2-3-9(15)6-11(8)16/h2-3,6-7H,4-5H2,1H3,(H,17,18,19). The predicted octanol–water partition coefficient (Wildman–Crippen LogP) is 4.21. The number of ether oxygens (including phenoxy) is 1. The van der Waals surface area contributed by atoms with Crippen molar-refractivity contribution in [3.8, 4) is 5.88 Å². The first-order valence-electron chi connectivity index (χ1n) is 5.84. The van der Waals surface area contributed by atoms with E-state index in [2.05, 4.69) is 31.2 Å². The van der Waals surface area contributed by atoms with Crippen molar-refractivity contribution >= 4 is 45.1 Å². The van der Waals surface area contributed by atoms with E-state index in [-0.39, 0.29) is 0 Å². The van der Waals surface area contributed by atoms with Crippen molar-refractivity contribution in [3.63, 3.8) is 0 Å². The number of methoxy groups -OCH3 is 1. The van der Waals surface area contributed by atoms with E-state index in [1.165, 1.54) is 0 Å². The Labute approximate surface area is 135 Å². The Morgan fingerprint density at radius 3 is 2.85 bits per heavy atom. The molecule has 1 heterocycles. The summed E-state index contributed by atoms with van der Waals surface area (Å²) < 4.78 is 5.82. The molecule has 1 aromatic heterocycles. The summed E-state index contributed by atoms with van der Waals surface area (Å²) in [6, 6.07) is 5.47. The molecule has 0 spiro atoms. The first kappa shape index (κ1) is 15.4. The molecule has 1 aromatic carbocycles. The maximum atomic E-state index is 6.11. The number of benzene rings is 1. The smallest absolute Gasteiger partial charge is 0.232 e. The first-order chi connectivity index (χ1) is 9.60. The van der Waals surface area contributed by atoms with Gasteiger partial charge in [-0.3, -0.25) is 0 Å². The summed E-state index contributed by atoms with van der Waals surface area (Å²) in [5.41, 5.74) is 1.02. The molecular formula is C13H12BrCl2N3O. The van der Waals surface area contributed by atoms with E-state index in [0.717, 1.165) is 12.0 Å². The van der Waals surface area contributed by atoms with Crippen molar-refractivity contribution in [1.29, 1.82) is 0 Å². The van der Waals surface area contributed by atoms with Gasteiger partial charge in [0, 0.05) is 16.6 Å². The lowest BCUT2D eigenvalue weighted by atomic mass is 10.1. The van der Waals surface area contributed by atoms with Crippen molar-refractivity contribution in [1.82, 2.24) is 9.97 Å². The number of nitrogens with zero attached hydrogens (tertiary/aromatic N) is 2. The minimum atomic E-state index is 0.493. The summed E-state index contributed by atoms with van der Waals surface area (Å²) >= 11 is 15.3. The second-order valence-electron chi connectivity index (χ2n) is 3.96. The van der Waals surface area contributed by atoms with Gasteiger partial charge in [-0.05, 0) is 40.0 Å². The zero-order valence-corrected chi connectivity index (χ0v) is 13.8. The molecule has 0 atom stereocenters. The molecule has 0 aliphatic rings. The Bertz CT molecular complexity index is 610. The maximum absolute atomic E-state index is 6.11. The van der Waals surface area contributed by atoms with Gasteiger partial charge in [0.05, 0.1) is 17.8 Å². The topological polar surface area (TPSA) is 47.0 Å². The Balaban J connectivity index is 1.96. The summed E-state index contributed by atoms with van der Waals surface area (Å²) in [5.74, 6) is 1.00. The van der Waals surface area contributed by atoms with Crippen LogP contribution in [0.3, 0.4) is 0 Å². The highest BCUT2D eigenvalue weighted by atomic mass is 79.9. The van der Waals surface area contributed by atoms with Crippen LogP contribution in [0.2, 0.25) is 10.0 Å². The monoisotopic (exact) mass is 375 g/mol. The van der Waals surface area contributed by atoms with Gasteiger partial charge in [0.1, 0.15) is 0 Å². The highest BCUT2D eigenvalue weighted by molar-refractivity contribution is 9.10. The fourth-order valence-corrected chi connectivity index (χ4v) is 2.47. The third-order valence-corrected chi connectivity index (χ3v) is 3.73. The Morgan fingerprint density at radius 2 is 2.15 bits per heavy atom. The SMILES string of the molecule is COc1nc(NCCc2ccc(Cl)cc2Cl)ncc1Br. The van der Waals surface area contributed by atoms with Crippen LogP contribution < -0.4 is 10.1 Å². The lowest BCUT2D eigenvalue weighted by Gasteiger charge is -2.08. The molecule has 0 unspecified atom stereocenters. The number of nitrogens with one attached hydrogen (secondary N) is 1. The second-order valence-corrected chi connectivity index (χ2v) is 5.66. The first-order valence-corrected chi connectivity index (χ1v) is 7.39. The molecule has 1 N–H and O–H groups in total. The van der Waals surface area contributed by atoms with E-state index in [1.807, 2.05) is 12.1 Å². The second kappa shape index (κ2) is 7.11. The van der Waals surface area contributed by atoms with E-state index >= 15 is 0 Å². The van der Waals surface area contributed by atoms with Crippen LogP contribution in [-0.2, 0) is 6.42 Å². The van der Waals surface area contributed by atoms with Crippen molar-refractivity contribution < 1.29 is 4.74 Å². The van der Waals surface area contributed by atoms with Crippen molar-refractivity contribution in [2.45, 2.75) is 6.42 Å². The number of aromatic nitrogens is 2. The normalized spacial score (nSPS) is 10.4. The fourth-order valence-electron chi connectivity index (χ4n) is 1.61. The van der Waals surface area contributed by atoms with Crippen LogP contribution in [0.5, 0.6) is 5.88 Å². The quantitative estimate of drug-likeness (QED) is 0.848. The molecule has 20 heavy (non-hydrogen) atoms. The van der Waals surface area contributed by atoms with Gasteiger partial charge in [-0.15, -0.1) is 0 Å². The van der Waals surface area contributed by atoms with E-state index in [0.29, 0.717) is 32.9 Å². The summed E-state index contributed by atoms with van der Waals surface area (Å²) in [5, 5.41) is 4.42. The van der Waals surface area contributed by atoms with Crippen LogP contribution in [-0.4, -0.2) is 23.6 Å². The number of anilines is 1. The fraction of sp³-hybridized carbons (Fsp3) is 0.231. The number of halogens is 3. The molecule has 0 bridgehead atoms. The predicted molar refractivity (Wildman–Crippen MR) is 84.9 cm³/mol. The molecule has 0 aliphatic carbocycles. The van der Waals surface area contributed by atoms with Gasteiger partial charge >= 0.3 is 0 Å². The molecule has 0 aliphatic heterocycles. The zero-order chi connectivity index (χ0) is 14.5. The summed E-state index contributed by atoms with van der Waals surface area (Å²) in [6.45, 7) is 0.659. The lowest BCUT2D eigenvalue weighted by molar-refractivity contribution is 0.394. The summed E-state index contributed by atoms with van der Waals surface area (Å²) in [6.07, 6.45) is 2.39. The molecule has 2 rings (SSSR count). The molecule has 106 valence electrons. The van der Waals surface area contributed by atoms with Crippen LogP contribution in [0, 0.1) is 0 Å². The summed E-state index contributed by atoms with van der Waals surface area (Å²) in [7, 11) is 1.56. The highest BCUT2D eigenvalue weighted by Gasteiger charge is 2.05. The minimum Gasteiger partial charge on any atom is -0.480 e. The Hall–Kier alpha value is -1.04. The maximum Gasteiger partial charge on any atom is 0.232 e. The van der Waals surface area contributed by atoms with Gasteiger partial charge < -0.3 is 10.1 Å². The van der Waals surface area contributed by atoms with Crippen LogP contribution in [0.1, 0.15) is 5.56 Å². The lowest BCUT2D eigenvalue weighted by Crippen LogP contribution is -2.08. The van der Waals surface area contributed by atoms with Crippen LogP contribution >= 0.6 is 39.1 Å². The zero-order valence-electron chi connectivity index (χ0n) is 10.7. The van der Waals surface area contributed by atoms with Crippen LogP contribution in [0.25, 0.3) is 0 Å². The molecule has 0 amide bonds. The Kier molecular flexibility index (Phi) is 5.46. The molecular weight excluding hydrogens is 365 g/mol. The molecule has 0 saturated carbocycles. The van der Waals surface area contributed by atoms with Gasteiger partial charge in [-0.1, -0.05) is 29.3 Å². The molecule has 0 saturated heterocycles. The third kappa shape index (κ3) is 3.98. The van der Waals surface area contributed by atoms with Gasteiger partial charge in [0.2, 0.25) is 11.8 Å². The average Bonchev–Trinajstić information content (AvgIpc) is 2.43. The molecule has 0 radical (unpaired) electrons. The van der Waals surface area contributed by atoms with Gasteiger partial charge in [-0.25, -0.2) is 4.98 Å². The summed E-state index contributed by atoms with van der Waals surface area (Å²) in [4.78, 5) is 8.36. The number of hydrogen-bond acceptors (Lipinski definition) is 4. The number of rotatable bonds is 5. The van der Waals surface area contributed by atoms with Crippen molar-refractivity contribution in [2.24, 2.45) is 0 Å². The molecule has 7 heteroatoms.